The first-order valence-corrected chi connectivity index (χ1v) is 10.1. The molecule has 8 heteroatoms. The Morgan fingerprint density at radius 2 is 2.23 bits per heavy atom. The zero-order valence-electron chi connectivity index (χ0n) is 14.5. The predicted molar refractivity (Wildman–Crippen MR) is 100 cm³/mol. The lowest BCUT2D eigenvalue weighted by Crippen LogP contribution is -2.46. The maximum absolute atomic E-state index is 12.4. The number of amides is 1. The molecule has 1 aliphatic heterocycles. The molecular weight excluding hydrogens is 372 g/mol. The highest BCUT2D eigenvalue weighted by Crippen LogP contribution is 2.40. The molecule has 6 nitrogen and oxygen atoms in total. The number of nitrogens with zero attached hydrogens (tertiary/aromatic N) is 3. The molecule has 138 valence electrons. The van der Waals surface area contributed by atoms with Gasteiger partial charge in [-0.1, -0.05) is 16.8 Å². The van der Waals surface area contributed by atoms with Crippen LogP contribution in [0.3, 0.4) is 0 Å². The van der Waals surface area contributed by atoms with Crippen LogP contribution in [-0.2, 0) is 0 Å². The van der Waals surface area contributed by atoms with Crippen molar-refractivity contribution in [2.45, 2.75) is 55.6 Å². The molecule has 1 saturated carbocycles. The van der Waals surface area contributed by atoms with Gasteiger partial charge in [-0.05, 0) is 56.7 Å². The van der Waals surface area contributed by atoms with Gasteiger partial charge < -0.3 is 9.84 Å². The monoisotopic (exact) mass is 392 g/mol. The topological polar surface area (TPSA) is 71.3 Å². The number of pyridine rings is 1. The van der Waals surface area contributed by atoms with E-state index in [1.54, 1.807) is 24.2 Å². The van der Waals surface area contributed by atoms with Crippen LogP contribution in [0.25, 0.3) is 0 Å². The van der Waals surface area contributed by atoms with Gasteiger partial charge in [0.15, 0.2) is 5.69 Å². The fraction of sp³-hybridized carbons (Fsp3) is 0.500. The van der Waals surface area contributed by atoms with Crippen molar-refractivity contribution >= 4 is 29.5 Å². The first-order valence-electron chi connectivity index (χ1n) is 8.92. The Balaban J connectivity index is 1.29. The Kier molecular flexibility index (Phi) is 5.20. The van der Waals surface area contributed by atoms with Crippen molar-refractivity contribution in [3.63, 3.8) is 0 Å². The SMILES string of the molecule is CC1CC(NC(=O)c2cc(C3CC3)on2)CCN1Sc1ccc(Cl)cn1. The van der Waals surface area contributed by atoms with Gasteiger partial charge in [-0.3, -0.25) is 4.79 Å². The number of rotatable bonds is 5. The quantitative estimate of drug-likeness (QED) is 0.778. The van der Waals surface area contributed by atoms with Gasteiger partial charge in [-0.15, -0.1) is 0 Å². The second-order valence-corrected chi connectivity index (χ2v) is 8.49. The summed E-state index contributed by atoms with van der Waals surface area (Å²) >= 11 is 7.52. The van der Waals surface area contributed by atoms with Crippen LogP contribution in [0.5, 0.6) is 0 Å². The zero-order valence-corrected chi connectivity index (χ0v) is 16.1. The van der Waals surface area contributed by atoms with Gasteiger partial charge in [-0.2, -0.15) is 0 Å². The highest BCUT2D eigenvalue weighted by molar-refractivity contribution is 7.97. The van der Waals surface area contributed by atoms with Gasteiger partial charge in [0.1, 0.15) is 10.8 Å². The van der Waals surface area contributed by atoms with Gasteiger partial charge in [0.25, 0.3) is 5.91 Å². The van der Waals surface area contributed by atoms with Crippen LogP contribution in [0.1, 0.15) is 54.8 Å². The summed E-state index contributed by atoms with van der Waals surface area (Å²) in [5, 5.41) is 8.59. The summed E-state index contributed by atoms with van der Waals surface area (Å²) in [6, 6.07) is 6.04. The Bertz CT molecular complexity index is 778. The van der Waals surface area contributed by atoms with Crippen LogP contribution in [-0.4, -0.2) is 39.0 Å². The van der Waals surface area contributed by atoms with Crippen molar-refractivity contribution in [3.05, 3.63) is 40.9 Å². The average molecular weight is 393 g/mol. The van der Waals surface area contributed by atoms with Crippen molar-refractivity contribution in [1.82, 2.24) is 19.8 Å². The van der Waals surface area contributed by atoms with Crippen molar-refractivity contribution in [3.8, 4) is 0 Å². The molecule has 0 spiro atoms. The van der Waals surface area contributed by atoms with Crippen molar-refractivity contribution in [2.75, 3.05) is 6.54 Å². The molecule has 0 bridgehead atoms. The van der Waals surface area contributed by atoms with Gasteiger partial charge >= 0.3 is 0 Å². The Hall–Kier alpha value is -1.57. The summed E-state index contributed by atoms with van der Waals surface area (Å²) in [4.78, 5) is 16.7. The zero-order chi connectivity index (χ0) is 18.1. The molecule has 1 N–H and O–H groups in total. The number of hydrogen-bond donors (Lipinski definition) is 1. The Morgan fingerprint density at radius 1 is 1.38 bits per heavy atom. The molecule has 2 atom stereocenters. The number of nitrogens with one attached hydrogen (secondary N) is 1. The van der Waals surface area contributed by atoms with E-state index >= 15 is 0 Å². The van der Waals surface area contributed by atoms with E-state index in [9.17, 15) is 4.79 Å². The fourth-order valence-electron chi connectivity index (χ4n) is 3.17. The lowest BCUT2D eigenvalue weighted by molar-refractivity contribution is 0.0906. The van der Waals surface area contributed by atoms with E-state index < -0.39 is 0 Å². The molecule has 2 fully saturated rings. The number of aromatic nitrogens is 2. The smallest absolute Gasteiger partial charge is 0.273 e. The lowest BCUT2D eigenvalue weighted by Gasteiger charge is -2.36. The largest absolute Gasteiger partial charge is 0.360 e. The second kappa shape index (κ2) is 7.58. The third kappa shape index (κ3) is 4.22. The number of hydrogen-bond acceptors (Lipinski definition) is 6. The highest BCUT2D eigenvalue weighted by Gasteiger charge is 2.31. The Morgan fingerprint density at radius 3 is 2.92 bits per heavy atom. The molecule has 2 aliphatic rings. The van der Waals surface area contributed by atoms with E-state index in [0.717, 1.165) is 43.0 Å². The standard InChI is InChI=1S/C18H21ClN4O2S/c1-11-8-14(6-7-23(11)26-17-5-4-13(19)10-20-17)21-18(24)15-9-16(25-22-15)12-2-3-12/h4-5,9-12,14H,2-3,6-8H2,1H3,(H,21,24). The van der Waals surface area contributed by atoms with Crippen LogP contribution in [0.15, 0.2) is 33.9 Å². The van der Waals surface area contributed by atoms with Crippen LogP contribution < -0.4 is 5.32 Å². The van der Waals surface area contributed by atoms with Crippen LogP contribution in [0.4, 0.5) is 0 Å². The molecule has 0 aromatic carbocycles. The molecule has 0 radical (unpaired) electrons. The number of carbonyl (C=O) groups is 1. The molecular formula is C18H21ClN4O2S. The molecule has 1 aliphatic carbocycles. The molecule has 1 amide bonds. The minimum absolute atomic E-state index is 0.140. The third-order valence-corrected chi connectivity index (χ3v) is 6.23. The van der Waals surface area contributed by atoms with Crippen LogP contribution >= 0.6 is 23.5 Å². The summed E-state index contributed by atoms with van der Waals surface area (Å²) in [6.07, 6.45) is 5.71. The predicted octanol–water partition coefficient (Wildman–Crippen LogP) is 3.89. The minimum Gasteiger partial charge on any atom is -0.360 e. The third-order valence-electron chi connectivity index (χ3n) is 4.80. The van der Waals surface area contributed by atoms with E-state index in [2.05, 4.69) is 26.7 Å². The molecule has 3 heterocycles. The summed E-state index contributed by atoms with van der Waals surface area (Å²) < 4.78 is 7.58. The van der Waals surface area contributed by atoms with Gasteiger partial charge in [0.2, 0.25) is 0 Å². The maximum Gasteiger partial charge on any atom is 0.273 e. The van der Waals surface area contributed by atoms with Crippen molar-refractivity contribution in [2.24, 2.45) is 0 Å². The summed E-state index contributed by atoms with van der Waals surface area (Å²) in [6.45, 7) is 3.05. The summed E-state index contributed by atoms with van der Waals surface area (Å²) in [5.41, 5.74) is 0.390. The molecule has 1 saturated heterocycles. The minimum atomic E-state index is -0.140. The summed E-state index contributed by atoms with van der Waals surface area (Å²) in [5.74, 6) is 1.16. The van der Waals surface area contributed by atoms with Gasteiger partial charge in [0, 0.05) is 36.8 Å². The number of piperidine rings is 1. The highest BCUT2D eigenvalue weighted by atomic mass is 35.5. The lowest BCUT2D eigenvalue weighted by atomic mass is 10.0. The first-order chi connectivity index (χ1) is 12.6. The second-order valence-electron chi connectivity index (χ2n) is 6.98. The van der Waals surface area contributed by atoms with E-state index in [0.29, 0.717) is 22.7 Å². The average Bonchev–Trinajstić information content (AvgIpc) is 3.36. The van der Waals surface area contributed by atoms with E-state index in [-0.39, 0.29) is 11.9 Å². The molecule has 2 aromatic heterocycles. The number of carbonyl (C=O) groups excluding carboxylic acids is 1. The first kappa shape index (κ1) is 17.8. The molecule has 26 heavy (non-hydrogen) atoms. The van der Waals surface area contributed by atoms with Crippen molar-refractivity contribution in [1.29, 1.82) is 0 Å². The van der Waals surface area contributed by atoms with Gasteiger partial charge in [0.05, 0.1) is 5.02 Å². The van der Waals surface area contributed by atoms with E-state index in [4.69, 9.17) is 16.1 Å². The number of halogens is 1. The van der Waals surface area contributed by atoms with E-state index in [1.807, 2.05) is 12.1 Å². The van der Waals surface area contributed by atoms with Crippen molar-refractivity contribution < 1.29 is 9.32 Å². The molecule has 2 unspecified atom stereocenters. The summed E-state index contributed by atoms with van der Waals surface area (Å²) in [7, 11) is 0. The van der Waals surface area contributed by atoms with E-state index in [1.165, 1.54) is 0 Å². The maximum atomic E-state index is 12.4. The Labute approximate surface area is 161 Å². The van der Waals surface area contributed by atoms with Crippen LogP contribution in [0, 0.1) is 0 Å². The molecule has 2 aromatic rings. The van der Waals surface area contributed by atoms with Crippen LogP contribution in [0.2, 0.25) is 5.02 Å². The normalized spacial score (nSPS) is 23.8. The van der Waals surface area contributed by atoms with Gasteiger partial charge in [-0.25, -0.2) is 9.29 Å². The fourth-order valence-corrected chi connectivity index (χ4v) is 4.21. The molecule has 4 rings (SSSR count).